The number of halogens is 2. The van der Waals surface area contributed by atoms with E-state index in [1.54, 1.807) is 12.1 Å². The van der Waals surface area contributed by atoms with Gasteiger partial charge >= 0.3 is 0 Å². The molecule has 5 nitrogen and oxygen atoms in total. The first-order valence-corrected chi connectivity index (χ1v) is 5.81. The van der Waals surface area contributed by atoms with Crippen molar-refractivity contribution in [2.45, 2.75) is 0 Å². The summed E-state index contributed by atoms with van der Waals surface area (Å²) in [6.45, 7) is 0. The summed E-state index contributed by atoms with van der Waals surface area (Å²) in [6.07, 6.45) is 1.43. The minimum absolute atomic E-state index is 0.0151. The number of benzene rings is 1. The molecular formula is C11H6Cl2N4O. The molecule has 0 bridgehead atoms. The zero-order valence-corrected chi connectivity index (χ0v) is 10.4. The highest BCUT2D eigenvalue weighted by molar-refractivity contribution is 6.32. The van der Waals surface area contributed by atoms with Gasteiger partial charge < -0.3 is 0 Å². The number of para-hydroxylation sites is 1. The Hall–Kier alpha value is -1.85. The second-order valence-corrected chi connectivity index (χ2v) is 4.37. The van der Waals surface area contributed by atoms with Crippen LogP contribution in [0.2, 0.25) is 10.3 Å². The standard InChI is InChI=1S/C11H6Cl2N4O/c12-7-3-1-2-4-8(7)17-9-6(5-14-17)10(18)16-11(13)15-9/h1-5H,(H,15,16,18). The summed E-state index contributed by atoms with van der Waals surface area (Å²) in [4.78, 5) is 18.1. The molecule has 0 atom stereocenters. The topological polar surface area (TPSA) is 63.6 Å². The summed E-state index contributed by atoms with van der Waals surface area (Å²) in [7, 11) is 0. The van der Waals surface area contributed by atoms with Crippen LogP contribution in [0.1, 0.15) is 0 Å². The van der Waals surface area contributed by atoms with Crippen LogP contribution >= 0.6 is 23.2 Å². The number of fused-ring (bicyclic) bond motifs is 1. The fraction of sp³-hybridized carbons (Fsp3) is 0. The number of nitrogens with one attached hydrogen (secondary N) is 1. The van der Waals surface area contributed by atoms with E-state index in [-0.39, 0.29) is 10.8 Å². The molecule has 90 valence electrons. The van der Waals surface area contributed by atoms with Crippen LogP contribution in [0.25, 0.3) is 16.7 Å². The summed E-state index contributed by atoms with van der Waals surface area (Å²) in [5.41, 5.74) is 0.684. The highest BCUT2D eigenvalue weighted by atomic mass is 35.5. The van der Waals surface area contributed by atoms with Gasteiger partial charge in [-0.1, -0.05) is 23.7 Å². The number of hydrogen-bond donors (Lipinski definition) is 1. The summed E-state index contributed by atoms with van der Waals surface area (Å²) in [5.74, 6) is 0. The maximum absolute atomic E-state index is 11.7. The highest BCUT2D eigenvalue weighted by Gasteiger charge is 2.12. The molecule has 18 heavy (non-hydrogen) atoms. The molecule has 0 amide bonds. The minimum Gasteiger partial charge on any atom is -0.296 e. The Kier molecular flexibility index (Phi) is 2.57. The van der Waals surface area contributed by atoms with Crippen LogP contribution in [0.4, 0.5) is 0 Å². The van der Waals surface area contributed by atoms with Gasteiger partial charge in [0.05, 0.1) is 16.9 Å². The molecule has 0 fully saturated rings. The molecule has 3 aromatic rings. The van der Waals surface area contributed by atoms with Crippen LogP contribution < -0.4 is 5.56 Å². The molecule has 7 heteroatoms. The molecule has 0 radical (unpaired) electrons. The third kappa shape index (κ3) is 1.68. The molecule has 0 aliphatic rings. The van der Waals surface area contributed by atoms with Gasteiger partial charge in [-0.15, -0.1) is 0 Å². The maximum atomic E-state index is 11.7. The maximum Gasteiger partial charge on any atom is 0.262 e. The normalized spacial score (nSPS) is 11.0. The SMILES string of the molecule is O=c1[nH]c(Cl)nc2c1cnn2-c1ccccc1Cl. The van der Waals surface area contributed by atoms with Crippen LogP contribution in [-0.2, 0) is 0 Å². The van der Waals surface area contributed by atoms with Crippen molar-refractivity contribution >= 4 is 34.2 Å². The van der Waals surface area contributed by atoms with E-state index in [9.17, 15) is 4.79 Å². The Bertz CT molecular complexity index is 793. The molecule has 1 aromatic carbocycles. The lowest BCUT2D eigenvalue weighted by atomic mass is 10.3. The van der Waals surface area contributed by atoms with Gasteiger partial charge in [-0.3, -0.25) is 9.78 Å². The third-order valence-electron chi connectivity index (χ3n) is 2.49. The van der Waals surface area contributed by atoms with Crippen molar-refractivity contribution in [1.29, 1.82) is 0 Å². The number of aromatic amines is 1. The minimum atomic E-state index is -0.330. The van der Waals surface area contributed by atoms with Gasteiger partial charge in [0.25, 0.3) is 5.56 Å². The van der Waals surface area contributed by atoms with Crippen molar-refractivity contribution in [2.75, 3.05) is 0 Å². The predicted octanol–water partition coefficient (Wildman–Crippen LogP) is 2.42. The third-order valence-corrected chi connectivity index (χ3v) is 2.99. The van der Waals surface area contributed by atoms with Crippen molar-refractivity contribution in [3.8, 4) is 5.69 Å². The molecule has 0 unspecified atom stereocenters. The quantitative estimate of drug-likeness (QED) is 0.697. The smallest absolute Gasteiger partial charge is 0.262 e. The first-order chi connectivity index (χ1) is 8.66. The lowest BCUT2D eigenvalue weighted by molar-refractivity contribution is 0.895. The lowest BCUT2D eigenvalue weighted by Gasteiger charge is -2.04. The van der Waals surface area contributed by atoms with Gasteiger partial charge in [-0.25, -0.2) is 4.68 Å². The number of nitrogens with zero attached hydrogens (tertiary/aromatic N) is 3. The summed E-state index contributed by atoms with van der Waals surface area (Å²) < 4.78 is 1.48. The van der Waals surface area contributed by atoms with E-state index in [2.05, 4.69) is 15.1 Å². The zero-order chi connectivity index (χ0) is 12.7. The van der Waals surface area contributed by atoms with E-state index in [1.165, 1.54) is 10.9 Å². The van der Waals surface area contributed by atoms with E-state index >= 15 is 0 Å². The molecule has 0 spiro atoms. The second-order valence-electron chi connectivity index (χ2n) is 3.60. The van der Waals surface area contributed by atoms with Gasteiger partial charge in [0.1, 0.15) is 5.39 Å². The highest BCUT2D eigenvalue weighted by Crippen LogP contribution is 2.22. The van der Waals surface area contributed by atoms with Crippen molar-refractivity contribution in [3.63, 3.8) is 0 Å². The van der Waals surface area contributed by atoms with Gasteiger partial charge in [0.15, 0.2) is 5.65 Å². The summed E-state index contributed by atoms with van der Waals surface area (Å²) >= 11 is 11.8. The number of H-pyrrole nitrogens is 1. The number of hydrogen-bond acceptors (Lipinski definition) is 3. The van der Waals surface area contributed by atoms with E-state index in [0.29, 0.717) is 21.7 Å². The molecule has 0 aliphatic carbocycles. The average molecular weight is 281 g/mol. The molecule has 0 saturated carbocycles. The van der Waals surface area contributed by atoms with Crippen LogP contribution in [0, 0.1) is 0 Å². The molecular weight excluding hydrogens is 275 g/mol. The predicted molar refractivity (Wildman–Crippen MR) is 69.5 cm³/mol. The van der Waals surface area contributed by atoms with Gasteiger partial charge in [-0.2, -0.15) is 10.1 Å². The summed E-state index contributed by atoms with van der Waals surface area (Å²) in [6, 6.07) is 7.15. The Labute approximate surface area is 111 Å². The molecule has 2 aromatic heterocycles. The molecule has 3 rings (SSSR count). The van der Waals surface area contributed by atoms with Gasteiger partial charge in [-0.05, 0) is 23.7 Å². The first kappa shape index (κ1) is 11.3. The van der Waals surface area contributed by atoms with Crippen molar-refractivity contribution in [1.82, 2.24) is 19.7 Å². The van der Waals surface area contributed by atoms with E-state index in [0.717, 1.165) is 0 Å². The van der Waals surface area contributed by atoms with Crippen LogP contribution in [0.5, 0.6) is 0 Å². The first-order valence-electron chi connectivity index (χ1n) is 5.05. The molecule has 0 saturated heterocycles. The van der Waals surface area contributed by atoms with Crippen molar-refractivity contribution in [3.05, 3.63) is 51.1 Å². The number of aromatic nitrogens is 4. The van der Waals surface area contributed by atoms with Gasteiger partial charge in [0.2, 0.25) is 5.28 Å². The Morgan fingerprint density at radius 3 is 2.78 bits per heavy atom. The summed E-state index contributed by atoms with van der Waals surface area (Å²) in [5, 5.41) is 5.01. The van der Waals surface area contributed by atoms with E-state index < -0.39 is 0 Å². The largest absolute Gasteiger partial charge is 0.296 e. The lowest BCUT2D eigenvalue weighted by Crippen LogP contribution is -2.08. The fourth-order valence-electron chi connectivity index (χ4n) is 1.69. The average Bonchev–Trinajstić information content (AvgIpc) is 2.73. The molecule has 1 N–H and O–H groups in total. The zero-order valence-electron chi connectivity index (χ0n) is 8.89. The van der Waals surface area contributed by atoms with Crippen LogP contribution in [0.15, 0.2) is 35.3 Å². The Balaban J connectivity index is 2.38. The van der Waals surface area contributed by atoms with Crippen molar-refractivity contribution in [2.24, 2.45) is 0 Å². The van der Waals surface area contributed by atoms with Crippen molar-refractivity contribution < 1.29 is 0 Å². The van der Waals surface area contributed by atoms with Crippen LogP contribution in [0.3, 0.4) is 0 Å². The second kappa shape index (κ2) is 4.12. The van der Waals surface area contributed by atoms with E-state index in [1.807, 2.05) is 12.1 Å². The monoisotopic (exact) mass is 280 g/mol. The Morgan fingerprint density at radius 1 is 1.22 bits per heavy atom. The van der Waals surface area contributed by atoms with Gasteiger partial charge in [0, 0.05) is 0 Å². The Morgan fingerprint density at radius 2 is 2.00 bits per heavy atom. The molecule has 0 aliphatic heterocycles. The fourth-order valence-corrected chi connectivity index (χ4v) is 2.07. The number of rotatable bonds is 1. The molecule has 2 heterocycles. The van der Waals surface area contributed by atoms with E-state index in [4.69, 9.17) is 23.2 Å². The van der Waals surface area contributed by atoms with Crippen LogP contribution in [-0.4, -0.2) is 19.7 Å².